The van der Waals surface area contributed by atoms with E-state index >= 15 is 0 Å². The Kier molecular flexibility index (Phi) is 4.98. The zero-order valence-corrected chi connectivity index (χ0v) is 14.8. The molecule has 1 aliphatic rings. The minimum absolute atomic E-state index is 0.343. The Hall–Kier alpha value is -1.85. The van der Waals surface area contributed by atoms with Crippen LogP contribution in [0.5, 0.6) is 0 Å². The largest absolute Gasteiger partial charge is 0.354 e. The van der Waals surface area contributed by atoms with Crippen molar-refractivity contribution < 1.29 is 0 Å². The quantitative estimate of drug-likeness (QED) is 0.691. The summed E-state index contributed by atoms with van der Waals surface area (Å²) in [7, 11) is 6.11. The van der Waals surface area contributed by atoms with Crippen LogP contribution in [0.15, 0.2) is 46.1 Å². The second-order valence-electron chi connectivity index (χ2n) is 5.99. The molecule has 0 aliphatic carbocycles. The average molecular weight is 328 g/mol. The molecule has 2 aromatic rings. The van der Waals surface area contributed by atoms with E-state index in [4.69, 9.17) is 0 Å². The lowest BCUT2D eigenvalue weighted by Crippen LogP contribution is -2.43. The number of fused-ring (bicyclic) bond motifs is 1. The first-order chi connectivity index (χ1) is 11.2. The second kappa shape index (κ2) is 7.15. The van der Waals surface area contributed by atoms with Crippen LogP contribution in [-0.2, 0) is 6.42 Å². The van der Waals surface area contributed by atoms with Gasteiger partial charge in [0.25, 0.3) is 0 Å². The maximum absolute atomic E-state index is 4.50. The molecule has 122 valence electrons. The predicted molar refractivity (Wildman–Crippen MR) is 99.6 cm³/mol. The Bertz CT molecular complexity index is 663. The molecule has 1 unspecified atom stereocenters. The van der Waals surface area contributed by atoms with Crippen molar-refractivity contribution in [2.45, 2.75) is 12.5 Å². The van der Waals surface area contributed by atoms with Gasteiger partial charge in [-0.3, -0.25) is 4.99 Å². The van der Waals surface area contributed by atoms with Crippen LogP contribution in [-0.4, -0.2) is 45.1 Å². The Labute approximate surface area is 142 Å². The summed E-state index contributed by atoms with van der Waals surface area (Å²) in [5.41, 5.74) is 4.03. The minimum atomic E-state index is 0.343. The number of nitrogens with one attached hydrogen (secondary N) is 1. The Morgan fingerprint density at radius 2 is 2.17 bits per heavy atom. The molecule has 1 atom stereocenters. The predicted octanol–water partition coefficient (Wildman–Crippen LogP) is 2.99. The summed E-state index contributed by atoms with van der Waals surface area (Å²) in [5.74, 6) is 0.956. The average Bonchev–Trinajstić information content (AvgIpc) is 3.21. The molecule has 0 fully saturated rings. The van der Waals surface area contributed by atoms with E-state index in [1.54, 1.807) is 11.3 Å². The molecule has 1 aromatic carbocycles. The molecule has 0 saturated heterocycles. The SMILES string of the molecule is CN=C(NCC(c1ccsc1)N(C)C)N1CCc2ccccc21. The van der Waals surface area contributed by atoms with Gasteiger partial charge >= 0.3 is 0 Å². The number of para-hydroxylation sites is 1. The van der Waals surface area contributed by atoms with Gasteiger partial charge in [0.15, 0.2) is 5.96 Å². The third kappa shape index (κ3) is 3.41. The van der Waals surface area contributed by atoms with E-state index in [0.717, 1.165) is 25.5 Å². The molecule has 0 bridgehead atoms. The summed E-state index contributed by atoms with van der Waals surface area (Å²) in [6.45, 7) is 1.83. The van der Waals surface area contributed by atoms with Crippen LogP contribution in [0.4, 0.5) is 5.69 Å². The van der Waals surface area contributed by atoms with Crippen molar-refractivity contribution in [3.05, 3.63) is 52.2 Å². The highest BCUT2D eigenvalue weighted by molar-refractivity contribution is 7.07. The first-order valence-corrected chi connectivity index (χ1v) is 8.89. The molecule has 1 N–H and O–H groups in total. The Morgan fingerprint density at radius 3 is 2.87 bits per heavy atom. The fraction of sp³-hybridized carbons (Fsp3) is 0.389. The third-order valence-corrected chi connectivity index (χ3v) is 5.06. The summed E-state index contributed by atoms with van der Waals surface area (Å²) < 4.78 is 0. The summed E-state index contributed by atoms with van der Waals surface area (Å²) >= 11 is 1.75. The molecular weight excluding hydrogens is 304 g/mol. The molecular formula is C18H24N4S. The molecule has 2 heterocycles. The molecule has 0 saturated carbocycles. The van der Waals surface area contributed by atoms with Gasteiger partial charge in [-0.2, -0.15) is 11.3 Å². The number of thiophene rings is 1. The van der Waals surface area contributed by atoms with Crippen LogP contribution < -0.4 is 10.2 Å². The van der Waals surface area contributed by atoms with E-state index < -0.39 is 0 Å². The van der Waals surface area contributed by atoms with Gasteiger partial charge in [0, 0.05) is 25.8 Å². The van der Waals surface area contributed by atoms with E-state index in [9.17, 15) is 0 Å². The lowest BCUT2D eigenvalue weighted by molar-refractivity contribution is 0.299. The van der Waals surface area contributed by atoms with E-state index in [2.05, 4.69) is 75.3 Å². The van der Waals surface area contributed by atoms with E-state index in [1.165, 1.54) is 16.8 Å². The number of aliphatic imine (C=N–C) groups is 1. The Balaban J connectivity index is 1.71. The fourth-order valence-corrected chi connectivity index (χ4v) is 3.81. The van der Waals surface area contributed by atoms with Crippen LogP contribution >= 0.6 is 11.3 Å². The van der Waals surface area contributed by atoms with Crippen molar-refractivity contribution in [3.63, 3.8) is 0 Å². The number of anilines is 1. The number of hydrogen-bond acceptors (Lipinski definition) is 3. The molecule has 3 rings (SSSR count). The van der Waals surface area contributed by atoms with E-state index in [-0.39, 0.29) is 0 Å². The van der Waals surface area contributed by atoms with Crippen LogP contribution in [0.25, 0.3) is 0 Å². The number of rotatable bonds is 4. The molecule has 23 heavy (non-hydrogen) atoms. The van der Waals surface area contributed by atoms with E-state index in [1.807, 2.05) is 7.05 Å². The van der Waals surface area contributed by atoms with Crippen molar-refractivity contribution in [2.75, 3.05) is 39.1 Å². The first-order valence-electron chi connectivity index (χ1n) is 7.95. The normalized spacial score (nSPS) is 15.8. The van der Waals surface area contributed by atoms with Crippen LogP contribution in [0, 0.1) is 0 Å². The maximum Gasteiger partial charge on any atom is 0.198 e. The van der Waals surface area contributed by atoms with Gasteiger partial charge in [0.2, 0.25) is 0 Å². The van der Waals surface area contributed by atoms with Gasteiger partial charge in [-0.1, -0.05) is 18.2 Å². The monoisotopic (exact) mass is 328 g/mol. The van der Waals surface area contributed by atoms with Crippen molar-refractivity contribution in [1.29, 1.82) is 0 Å². The topological polar surface area (TPSA) is 30.9 Å². The van der Waals surface area contributed by atoms with Crippen LogP contribution in [0.2, 0.25) is 0 Å². The lowest BCUT2D eigenvalue weighted by atomic mass is 10.1. The van der Waals surface area contributed by atoms with Gasteiger partial charge in [-0.25, -0.2) is 0 Å². The van der Waals surface area contributed by atoms with Crippen molar-refractivity contribution in [2.24, 2.45) is 4.99 Å². The molecule has 4 nitrogen and oxygen atoms in total. The zero-order chi connectivity index (χ0) is 16.2. The third-order valence-electron chi connectivity index (χ3n) is 4.36. The summed E-state index contributed by atoms with van der Waals surface area (Å²) in [6, 6.07) is 11.1. The second-order valence-corrected chi connectivity index (χ2v) is 6.77. The van der Waals surface area contributed by atoms with E-state index in [0.29, 0.717) is 6.04 Å². The lowest BCUT2D eigenvalue weighted by Gasteiger charge is -2.28. The van der Waals surface area contributed by atoms with Gasteiger partial charge in [0.1, 0.15) is 0 Å². The molecule has 5 heteroatoms. The molecule has 0 spiro atoms. The molecule has 1 aliphatic heterocycles. The summed E-state index contributed by atoms with van der Waals surface area (Å²) in [5, 5.41) is 7.92. The van der Waals surface area contributed by atoms with Crippen molar-refractivity contribution >= 4 is 23.0 Å². The summed E-state index contributed by atoms with van der Waals surface area (Å²) in [6.07, 6.45) is 1.08. The van der Waals surface area contributed by atoms with Crippen molar-refractivity contribution in [1.82, 2.24) is 10.2 Å². The number of likely N-dealkylation sites (N-methyl/N-ethyl adjacent to an activating group) is 1. The summed E-state index contributed by atoms with van der Waals surface area (Å²) in [4.78, 5) is 9.03. The van der Waals surface area contributed by atoms with Gasteiger partial charge in [-0.15, -0.1) is 0 Å². The smallest absolute Gasteiger partial charge is 0.198 e. The first kappa shape index (κ1) is 16.0. The minimum Gasteiger partial charge on any atom is -0.354 e. The number of hydrogen-bond donors (Lipinski definition) is 1. The Morgan fingerprint density at radius 1 is 1.35 bits per heavy atom. The molecule has 1 aromatic heterocycles. The zero-order valence-electron chi connectivity index (χ0n) is 14.0. The van der Waals surface area contributed by atoms with Crippen LogP contribution in [0.1, 0.15) is 17.2 Å². The highest BCUT2D eigenvalue weighted by Crippen LogP contribution is 2.27. The highest BCUT2D eigenvalue weighted by atomic mass is 32.1. The highest BCUT2D eigenvalue weighted by Gasteiger charge is 2.23. The molecule has 0 radical (unpaired) electrons. The van der Waals surface area contributed by atoms with Crippen molar-refractivity contribution in [3.8, 4) is 0 Å². The van der Waals surface area contributed by atoms with Crippen LogP contribution in [0.3, 0.4) is 0 Å². The number of nitrogens with zero attached hydrogens (tertiary/aromatic N) is 3. The van der Waals surface area contributed by atoms with Gasteiger partial charge in [-0.05, 0) is 54.5 Å². The standard InChI is InChI=1S/C18H24N4S/c1-19-18(22-10-8-14-6-4-5-7-16(14)22)20-12-17(21(2)3)15-9-11-23-13-15/h4-7,9,11,13,17H,8,10,12H2,1-3H3,(H,19,20). The fourth-order valence-electron chi connectivity index (χ4n) is 3.10. The number of benzene rings is 1. The van der Waals surface area contributed by atoms with Gasteiger partial charge in [0.05, 0.1) is 6.04 Å². The maximum atomic E-state index is 4.50. The molecule has 0 amide bonds. The van der Waals surface area contributed by atoms with Gasteiger partial charge < -0.3 is 15.1 Å². The number of guanidine groups is 1.